The second-order valence-electron chi connectivity index (χ2n) is 6.04. The van der Waals surface area contributed by atoms with Crippen LogP contribution in [0.25, 0.3) is 17.3 Å². The van der Waals surface area contributed by atoms with Gasteiger partial charge < -0.3 is 10.8 Å². The van der Waals surface area contributed by atoms with Gasteiger partial charge >= 0.3 is 0 Å². The van der Waals surface area contributed by atoms with Gasteiger partial charge in [0.25, 0.3) is 0 Å². The molecule has 4 N–H and O–H groups in total. The van der Waals surface area contributed by atoms with Crippen molar-refractivity contribution in [2.45, 2.75) is 54.4 Å². The number of nitrogen functional groups attached to an aromatic ring is 1. The molecule has 1 heterocycles. The molecule has 0 unspecified atom stereocenters. The van der Waals surface area contributed by atoms with Crippen LogP contribution >= 0.6 is 12.6 Å². The fourth-order valence-electron chi connectivity index (χ4n) is 2.64. The van der Waals surface area contributed by atoms with Gasteiger partial charge in [0.05, 0.1) is 11.3 Å². The topological polar surface area (TPSA) is 74.9 Å². The molecule has 0 radical (unpaired) electrons. The summed E-state index contributed by atoms with van der Waals surface area (Å²) >= 11 is 4.06. The number of hydrogen-bond donors (Lipinski definition) is 4. The van der Waals surface area contributed by atoms with Gasteiger partial charge in [-0.2, -0.15) is 17.7 Å². The molecule has 0 aliphatic carbocycles. The van der Waals surface area contributed by atoms with Crippen LogP contribution in [-0.4, -0.2) is 15.3 Å². The number of rotatable bonds is 4. The van der Waals surface area contributed by atoms with Crippen LogP contribution in [0.3, 0.4) is 0 Å². The van der Waals surface area contributed by atoms with Gasteiger partial charge in [0, 0.05) is 11.3 Å². The van der Waals surface area contributed by atoms with Crippen LogP contribution in [0, 0.1) is 12.7 Å². The number of nitrogens with two attached hydrogens (primary N) is 1. The fraction of sp³-hybridized carbons (Fsp3) is 0.320. The third-order valence-electron chi connectivity index (χ3n) is 3.97. The maximum absolute atomic E-state index is 13.6. The first kappa shape index (κ1) is 28.3. The summed E-state index contributed by atoms with van der Waals surface area (Å²) in [7, 11) is 0. The van der Waals surface area contributed by atoms with Crippen molar-refractivity contribution in [3.63, 3.8) is 0 Å². The Hall–Kier alpha value is -2.73. The molecular weight excluding hydrogens is 409 g/mol. The second kappa shape index (κ2) is 16.0. The number of hydrogen-bond acceptors (Lipinski definition) is 4. The maximum Gasteiger partial charge on any atom is 0.147 e. The monoisotopic (exact) mass is 445 g/mol. The highest BCUT2D eigenvalue weighted by atomic mass is 32.1. The number of halogens is 1. The van der Waals surface area contributed by atoms with E-state index in [-0.39, 0.29) is 17.0 Å². The minimum atomic E-state index is -0.585. The Bertz CT molecular complexity index is 909. The van der Waals surface area contributed by atoms with E-state index in [1.807, 2.05) is 52.8 Å². The number of nitrogens with one attached hydrogen (secondary N) is 1. The van der Waals surface area contributed by atoms with Crippen molar-refractivity contribution in [3.8, 4) is 17.0 Å². The van der Waals surface area contributed by atoms with Gasteiger partial charge in [-0.05, 0) is 37.0 Å². The maximum atomic E-state index is 13.6. The van der Waals surface area contributed by atoms with Gasteiger partial charge in [0.1, 0.15) is 17.3 Å². The van der Waals surface area contributed by atoms with Crippen molar-refractivity contribution in [1.29, 1.82) is 0 Å². The number of anilines is 1. The number of aromatic hydroxyl groups is 1. The Balaban J connectivity index is 0.000000681. The van der Waals surface area contributed by atoms with E-state index in [2.05, 4.69) is 41.9 Å². The Morgan fingerprint density at radius 2 is 1.71 bits per heavy atom. The normalized spacial score (nSPS) is 9.68. The van der Waals surface area contributed by atoms with E-state index >= 15 is 0 Å². The van der Waals surface area contributed by atoms with Gasteiger partial charge in [0.15, 0.2) is 0 Å². The van der Waals surface area contributed by atoms with Gasteiger partial charge in [-0.3, -0.25) is 5.10 Å². The van der Waals surface area contributed by atoms with Crippen LogP contribution in [0.5, 0.6) is 5.75 Å². The number of aromatic nitrogens is 2. The van der Waals surface area contributed by atoms with Crippen molar-refractivity contribution < 1.29 is 9.50 Å². The highest BCUT2D eigenvalue weighted by Gasteiger charge is 2.19. The zero-order valence-electron chi connectivity index (χ0n) is 19.4. The second-order valence-corrected chi connectivity index (χ2v) is 6.34. The first-order chi connectivity index (χ1) is 15.0. The largest absolute Gasteiger partial charge is 0.507 e. The van der Waals surface area contributed by atoms with Crippen molar-refractivity contribution in [2.75, 3.05) is 5.73 Å². The first-order valence-corrected chi connectivity index (χ1v) is 11.2. The van der Waals surface area contributed by atoms with E-state index in [9.17, 15) is 9.50 Å². The number of benzene rings is 2. The molecule has 0 bridgehead atoms. The fourth-order valence-corrected chi connectivity index (χ4v) is 2.79. The summed E-state index contributed by atoms with van der Waals surface area (Å²) in [5.74, 6) is -0.689. The zero-order valence-corrected chi connectivity index (χ0v) is 20.3. The molecule has 0 spiro atoms. The van der Waals surface area contributed by atoms with Crippen LogP contribution in [0.1, 0.15) is 57.9 Å². The molecule has 0 aliphatic rings. The lowest BCUT2D eigenvalue weighted by Gasteiger charge is -2.08. The molecule has 0 fully saturated rings. The van der Waals surface area contributed by atoms with Crippen molar-refractivity contribution in [2.24, 2.45) is 0 Å². The number of aryl methyl sites for hydroxylation is 2. The number of phenolic OH excluding ortho intramolecular Hbond substituents is 1. The summed E-state index contributed by atoms with van der Waals surface area (Å²) < 4.78 is 13.6. The lowest BCUT2D eigenvalue weighted by atomic mass is 10.0. The highest BCUT2D eigenvalue weighted by molar-refractivity contribution is 7.83. The molecule has 0 amide bonds. The van der Waals surface area contributed by atoms with Gasteiger partial charge in [-0.15, -0.1) is 0 Å². The molecule has 170 valence electrons. The molecule has 2 aromatic carbocycles. The van der Waals surface area contributed by atoms with E-state index in [1.54, 1.807) is 11.5 Å². The lowest BCUT2D eigenvalue weighted by molar-refractivity contribution is 0.475. The molecule has 3 rings (SSSR count). The summed E-state index contributed by atoms with van der Waals surface area (Å²) in [6, 6.07) is 12.7. The molecule has 0 aliphatic heterocycles. The molecule has 1 aromatic heterocycles. The Labute approximate surface area is 191 Å². The predicted octanol–water partition coefficient (Wildman–Crippen LogP) is 7.40. The molecule has 31 heavy (non-hydrogen) atoms. The summed E-state index contributed by atoms with van der Waals surface area (Å²) in [4.78, 5) is 0. The van der Waals surface area contributed by atoms with E-state index in [0.29, 0.717) is 5.69 Å². The SMILES string of the molecule is CC.CC.CCCc1[nH]nc(-c2c(O)ccc(F)c2N)c1/C=C/S.Cc1ccccc1. The Morgan fingerprint density at radius 3 is 2.19 bits per heavy atom. The Kier molecular flexibility index (Phi) is 14.6. The smallest absolute Gasteiger partial charge is 0.147 e. The Morgan fingerprint density at radius 1 is 1.10 bits per heavy atom. The van der Waals surface area contributed by atoms with Crippen LogP contribution in [0.4, 0.5) is 10.1 Å². The minimum absolute atomic E-state index is 0.104. The molecule has 6 heteroatoms. The van der Waals surface area contributed by atoms with E-state index in [4.69, 9.17) is 5.73 Å². The molecule has 4 nitrogen and oxygen atoms in total. The third kappa shape index (κ3) is 8.50. The van der Waals surface area contributed by atoms with E-state index in [0.717, 1.165) is 30.2 Å². The van der Waals surface area contributed by atoms with Gasteiger partial charge in [0.2, 0.25) is 0 Å². The predicted molar refractivity (Wildman–Crippen MR) is 136 cm³/mol. The summed E-state index contributed by atoms with van der Waals surface area (Å²) in [5, 5.41) is 18.6. The summed E-state index contributed by atoms with van der Waals surface area (Å²) in [5.41, 5.74) is 9.22. The standard InChI is InChI=1S/C14H16FN3OS.C7H8.2C2H6/c1-2-3-10-8(6-7-20)14(18-17-10)12-11(19)5-4-9(15)13(12)16;1-7-5-3-2-4-6-7;2*1-2/h4-7,19-20H,2-3,16H2,1H3,(H,17,18);2-6H,1H3;2*1-2H3/b7-6+;;;. The van der Waals surface area contributed by atoms with Crippen LogP contribution in [0.2, 0.25) is 0 Å². The van der Waals surface area contributed by atoms with Crippen LogP contribution in [0.15, 0.2) is 47.9 Å². The van der Waals surface area contributed by atoms with Crippen molar-refractivity contribution in [3.05, 3.63) is 70.5 Å². The molecule has 3 aromatic rings. The molecule has 0 saturated heterocycles. The summed E-state index contributed by atoms with van der Waals surface area (Å²) in [6.45, 7) is 12.1. The highest BCUT2D eigenvalue weighted by Crippen LogP contribution is 2.38. The summed E-state index contributed by atoms with van der Waals surface area (Å²) in [6.07, 6.45) is 3.47. The average molecular weight is 446 g/mol. The lowest BCUT2D eigenvalue weighted by Crippen LogP contribution is -1.96. The van der Waals surface area contributed by atoms with Gasteiger partial charge in [-0.1, -0.05) is 76.9 Å². The zero-order chi connectivity index (χ0) is 23.8. The quantitative estimate of drug-likeness (QED) is 0.249. The van der Waals surface area contributed by atoms with Crippen molar-refractivity contribution >= 4 is 24.4 Å². The van der Waals surface area contributed by atoms with Crippen LogP contribution < -0.4 is 5.73 Å². The molecule has 0 saturated carbocycles. The number of phenols is 1. The molecule has 0 atom stereocenters. The number of thiol groups is 1. The average Bonchev–Trinajstić information content (AvgIpc) is 3.18. The first-order valence-electron chi connectivity index (χ1n) is 10.7. The third-order valence-corrected chi connectivity index (χ3v) is 4.12. The number of nitrogens with zero attached hydrogens (tertiary/aromatic N) is 1. The van der Waals surface area contributed by atoms with E-state index < -0.39 is 5.82 Å². The van der Waals surface area contributed by atoms with Gasteiger partial charge in [-0.25, -0.2) is 4.39 Å². The number of aromatic amines is 1. The van der Waals surface area contributed by atoms with Crippen molar-refractivity contribution in [1.82, 2.24) is 10.2 Å². The molecular formula is C25H36FN3OS. The minimum Gasteiger partial charge on any atom is -0.507 e. The number of H-pyrrole nitrogens is 1. The van der Waals surface area contributed by atoms with Crippen LogP contribution in [-0.2, 0) is 6.42 Å². The van der Waals surface area contributed by atoms with E-state index in [1.165, 1.54) is 11.6 Å².